The molecule has 0 saturated carbocycles. The summed E-state index contributed by atoms with van der Waals surface area (Å²) >= 11 is 0. The molecule has 0 atom stereocenters. The van der Waals surface area contributed by atoms with Crippen molar-refractivity contribution < 1.29 is 4.74 Å². The number of benzene rings is 3. The van der Waals surface area contributed by atoms with Crippen LogP contribution in [0.1, 0.15) is 16.7 Å². The van der Waals surface area contributed by atoms with Crippen molar-refractivity contribution in [1.82, 2.24) is 14.9 Å². The number of aryl methyl sites for hydroxylation is 1. The van der Waals surface area contributed by atoms with Crippen molar-refractivity contribution >= 4 is 10.8 Å². The van der Waals surface area contributed by atoms with Gasteiger partial charge in [0.2, 0.25) is 0 Å². The summed E-state index contributed by atoms with van der Waals surface area (Å²) in [7, 11) is 0. The van der Waals surface area contributed by atoms with E-state index in [2.05, 4.69) is 65.0 Å². The van der Waals surface area contributed by atoms with Crippen molar-refractivity contribution in [1.29, 1.82) is 0 Å². The maximum atomic E-state index is 6.16. The molecule has 1 aromatic heterocycles. The van der Waals surface area contributed by atoms with E-state index < -0.39 is 0 Å². The van der Waals surface area contributed by atoms with E-state index in [4.69, 9.17) is 4.74 Å². The zero-order valence-corrected chi connectivity index (χ0v) is 14.6. The minimum Gasteiger partial charge on any atom is -0.489 e. The Kier molecular flexibility index (Phi) is 4.51. The molecule has 5 heteroatoms. The van der Waals surface area contributed by atoms with Gasteiger partial charge in [-0.1, -0.05) is 60.2 Å². The van der Waals surface area contributed by atoms with Crippen LogP contribution in [0, 0.1) is 6.92 Å². The highest BCUT2D eigenvalue weighted by molar-refractivity contribution is 5.87. The Labute approximate surface area is 152 Å². The molecule has 0 amide bonds. The molecule has 4 rings (SSSR count). The maximum absolute atomic E-state index is 6.16. The van der Waals surface area contributed by atoms with Crippen LogP contribution in [-0.2, 0) is 13.2 Å². The summed E-state index contributed by atoms with van der Waals surface area (Å²) in [5.74, 6) is 0.879. The average Bonchev–Trinajstić information content (AvgIpc) is 3.19. The number of rotatable bonds is 6. The summed E-state index contributed by atoms with van der Waals surface area (Å²) in [6, 6.07) is 20.9. The fourth-order valence-corrected chi connectivity index (χ4v) is 2.93. The quantitative estimate of drug-likeness (QED) is 0.573. The zero-order chi connectivity index (χ0) is 17.8. The molecule has 0 aliphatic heterocycles. The van der Waals surface area contributed by atoms with Crippen LogP contribution in [0.25, 0.3) is 10.8 Å². The lowest BCUT2D eigenvalue weighted by Gasteiger charge is -2.16. The van der Waals surface area contributed by atoms with Crippen LogP contribution in [0.15, 0.2) is 73.3 Å². The van der Waals surface area contributed by atoms with Crippen LogP contribution < -0.4 is 10.2 Å². The van der Waals surface area contributed by atoms with Crippen LogP contribution in [0.2, 0.25) is 0 Å². The molecule has 5 nitrogen and oxygen atoms in total. The standard InChI is InChI=1S/C21H20N4O/c1-16-6-8-17(9-7-16)13-26-21-11-10-18-4-2-3-5-19(18)20(21)12-24-25-14-22-23-15-25/h2-11,14-15,24H,12-13H2,1H3. The van der Waals surface area contributed by atoms with E-state index in [1.54, 1.807) is 17.3 Å². The Morgan fingerprint density at radius 3 is 2.50 bits per heavy atom. The molecule has 0 radical (unpaired) electrons. The molecular formula is C21H20N4O. The van der Waals surface area contributed by atoms with Crippen molar-refractivity contribution in [2.45, 2.75) is 20.1 Å². The minimum atomic E-state index is 0.540. The molecular weight excluding hydrogens is 324 g/mol. The van der Waals surface area contributed by atoms with Crippen molar-refractivity contribution in [3.05, 3.63) is 90.0 Å². The second-order valence-corrected chi connectivity index (χ2v) is 6.24. The SMILES string of the molecule is Cc1ccc(COc2ccc3ccccc3c2CNn2cnnc2)cc1. The fourth-order valence-electron chi connectivity index (χ4n) is 2.93. The zero-order valence-electron chi connectivity index (χ0n) is 14.6. The lowest BCUT2D eigenvalue weighted by molar-refractivity contribution is 0.303. The summed E-state index contributed by atoms with van der Waals surface area (Å²) in [4.78, 5) is 0. The van der Waals surface area contributed by atoms with Crippen LogP contribution >= 0.6 is 0 Å². The van der Waals surface area contributed by atoms with Crippen molar-refractivity contribution in [2.24, 2.45) is 0 Å². The minimum absolute atomic E-state index is 0.540. The molecule has 0 spiro atoms. The smallest absolute Gasteiger partial charge is 0.138 e. The van der Waals surface area contributed by atoms with E-state index in [1.165, 1.54) is 16.3 Å². The average molecular weight is 344 g/mol. The van der Waals surface area contributed by atoms with Crippen LogP contribution in [0.4, 0.5) is 0 Å². The number of hydrogen-bond acceptors (Lipinski definition) is 4. The maximum Gasteiger partial charge on any atom is 0.138 e. The van der Waals surface area contributed by atoms with Crippen LogP contribution in [0.3, 0.4) is 0 Å². The lowest BCUT2D eigenvalue weighted by atomic mass is 10.0. The monoisotopic (exact) mass is 344 g/mol. The summed E-state index contributed by atoms with van der Waals surface area (Å²) in [5.41, 5.74) is 6.81. The molecule has 1 N–H and O–H groups in total. The first-order valence-electron chi connectivity index (χ1n) is 8.57. The number of hydrogen-bond donors (Lipinski definition) is 1. The van der Waals surface area contributed by atoms with Gasteiger partial charge in [0, 0.05) is 5.56 Å². The van der Waals surface area contributed by atoms with E-state index >= 15 is 0 Å². The first kappa shape index (κ1) is 16.1. The topological polar surface area (TPSA) is 52.0 Å². The van der Waals surface area contributed by atoms with E-state index in [0.29, 0.717) is 13.2 Å². The highest BCUT2D eigenvalue weighted by Gasteiger charge is 2.09. The molecule has 130 valence electrons. The number of ether oxygens (including phenoxy) is 1. The molecule has 0 bridgehead atoms. The van der Waals surface area contributed by atoms with Crippen molar-refractivity contribution in [3.63, 3.8) is 0 Å². The third kappa shape index (κ3) is 3.52. The fraction of sp³-hybridized carbons (Fsp3) is 0.143. The first-order valence-corrected chi connectivity index (χ1v) is 8.57. The largest absolute Gasteiger partial charge is 0.489 e. The van der Waals surface area contributed by atoms with Gasteiger partial charge in [0.05, 0.1) is 6.54 Å². The summed E-state index contributed by atoms with van der Waals surface area (Å²) in [5, 5.41) is 10.0. The van der Waals surface area contributed by atoms with Crippen LogP contribution in [-0.4, -0.2) is 14.9 Å². The molecule has 1 heterocycles. The summed E-state index contributed by atoms with van der Waals surface area (Å²) in [6.07, 6.45) is 3.27. The van der Waals surface area contributed by atoms with Gasteiger partial charge in [0.1, 0.15) is 25.0 Å². The van der Waals surface area contributed by atoms with Crippen LogP contribution in [0.5, 0.6) is 5.75 Å². The second-order valence-electron chi connectivity index (χ2n) is 6.24. The lowest BCUT2D eigenvalue weighted by Crippen LogP contribution is -2.13. The number of nitrogens with zero attached hydrogens (tertiary/aromatic N) is 3. The molecule has 26 heavy (non-hydrogen) atoms. The van der Waals surface area contributed by atoms with Gasteiger partial charge in [0.15, 0.2) is 0 Å². The summed E-state index contributed by atoms with van der Waals surface area (Å²) in [6.45, 7) is 3.24. The van der Waals surface area contributed by atoms with Gasteiger partial charge in [-0.3, -0.25) is 0 Å². The predicted molar refractivity (Wildman–Crippen MR) is 103 cm³/mol. The molecule has 0 aliphatic carbocycles. The first-order chi connectivity index (χ1) is 12.8. The summed E-state index contributed by atoms with van der Waals surface area (Å²) < 4.78 is 7.90. The normalized spacial score (nSPS) is 10.8. The Morgan fingerprint density at radius 1 is 0.923 bits per heavy atom. The molecule has 0 aliphatic rings. The highest BCUT2D eigenvalue weighted by atomic mass is 16.5. The van der Waals surface area contributed by atoms with Gasteiger partial charge in [-0.2, -0.15) is 0 Å². The molecule has 0 unspecified atom stereocenters. The van der Waals surface area contributed by atoms with Crippen molar-refractivity contribution in [3.8, 4) is 5.75 Å². The van der Waals surface area contributed by atoms with Gasteiger partial charge in [-0.15, -0.1) is 10.2 Å². The Hall–Kier alpha value is -3.34. The highest BCUT2D eigenvalue weighted by Crippen LogP contribution is 2.29. The molecule has 0 fully saturated rings. The van der Waals surface area contributed by atoms with Gasteiger partial charge in [0.25, 0.3) is 0 Å². The van der Waals surface area contributed by atoms with E-state index in [9.17, 15) is 0 Å². The predicted octanol–water partition coefficient (Wildman–Crippen LogP) is 4.06. The van der Waals surface area contributed by atoms with E-state index in [-0.39, 0.29) is 0 Å². The van der Waals surface area contributed by atoms with E-state index in [0.717, 1.165) is 16.9 Å². The van der Waals surface area contributed by atoms with Gasteiger partial charge < -0.3 is 10.2 Å². The molecule has 4 aromatic rings. The Bertz CT molecular complexity index is 994. The third-order valence-electron chi connectivity index (χ3n) is 4.37. The third-order valence-corrected chi connectivity index (χ3v) is 4.37. The molecule has 0 saturated heterocycles. The molecule has 3 aromatic carbocycles. The Balaban J connectivity index is 1.61. The van der Waals surface area contributed by atoms with Gasteiger partial charge in [-0.25, -0.2) is 4.68 Å². The number of fused-ring (bicyclic) bond motifs is 1. The van der Waals surface area contributed by atoms with Crippen molar-refractivity contribution in [2.75, 3.05) is 5.43 Å². The van der Waals surface area contributed by atoms with Gasteiger partial charge >= 0.3 is 0 Å². The van der Waals surface area contributed by atoms with E-state index in [1.807, 2.05) is 18.2 Å². The van der Waals surface area contributed by atoms with Gasteiger partial charge in [-0.05, 0) is 29.3 Å². The number of aromatic nitrogens is 3. The second kappa shape index (κ2) is 7.27. The Morgan fingerprint density at radius 2 is 1.69 bits per heavy atom. The number of nitrogens with one attached hydrogen (secondary N) is 1.